The van der Waals surface area contributed by atoms with Crippen LogP contribution in [0.25, 0.3) is 0 Å². The fourth-order valence-electron chi connectivity index (χ4n) is 5.55. The predicted octanol–water partition coefficient (Wildman–Crippen LogP) is 3.28. The maximum absolute atomic E-state index is 12.9. The third kappa shape index (κ3) is 3.25. The summed E-state index contributed by atoms with van der Waals surface area (Å²) in [5.41, 5.74) is 0.926. The van der Waals surface area contributed by atoms with Gasteiger partial charge in [-0.1, -0.05) is 39.0 Å². The quantitative estimate of drug-likeness (QED) is 0.707. The molecular formula is C26H30N4O4. The molecule has 2 N–H and O–H groups in total. The zero-order chi connectivity index (χ0) is 24.3. The molecule has 1 aromatic carbocycles. The number of hydrogen-bond acceptors (Lipinski definition) is 7. The summed E-state index contributed by atoms with van der Waals surface area (Å²) in [5, 5.41) is 23.4. The Bertz CT molecular complexity index is 1220. The highest BCUT2D eigenvalue weighted by Crippen LogP contribution is 2.56. The second kappa shape index (κ2) is 7.67. The van der Waals surface area contributed by atoms with Crippen LogP contribution in [-0.2, 0) is 34.4 Å². The summed E-state index contributed by atoms with van der Waals surface area (Å²) in [6, 6.07) is 7.58. The molecule has 1 amide bonds. The Morgan fingerprint density at radius 3 is 2.76 bits per heavy atom. The van der Waals surface area contributed by atoms with Crippen LogP contribution < -0.4 is 5.32 Å². The van der Waals surface area contributed by atoms with Crippen LogP contribution in [0.1, 0.15) is 74.9 Å². The SMILES string of the molecule is CC(C)(C)[C@@H]1NC(=O)CCc2ccc3c(c2)[C@](C#N)(CC3)C2(C)OC1=N[C@H]2c1nc(CO)co1. The topological polar surface area (TPSA) is 121 Å². The van der Waals surface area contributed by atoms with E-state index in [0.717, 1.165) is 23.1 Å². The van der Waals surface area contributed by atoms with Crippen LogP contribution in [0.2, 0.25) is 0 Å². The number of aryl methyl sites for hydroxylation is 2. The maximum atomic E-state index is 12.9. The number of rotatable bonds is 2. The number of aromatic nitrogens is 1. The number of aliphatic hydroxyl groups excluding tert-OH is 1. The summed E-state index contributed by atoms with van der Waals surface area (Å²) < 4.78 is 12.4. The molecule has 0 radical (unpaired) electrons. The van der Waals surface area contributed by atoms with Crippen molar-refractivity contribution in [1.82, 2.24) is 10.3 Å². The van der Waals surface area contributed by atoms with Crippen molar-refractivity contribution < 1.29 is 19.1 Å². The molecule has 3 heterocycles. The Kier molecular flexibility index (Phi) is 5.10. The monoisotopic (exact) mass is 462 g/mol. The summed E-state index contributed by atoms with van der Waals surface area (Å²) >= 11 is 0. The summed E-state index contributed by atoms with van der Waals surface area (Å²) in [5.74, 6) is 0.578. The van der Waals surface area contributed by atoms with Gasteiger partial charge in [0.15, 0.2) is 11.6 Å². The van der Waals surface area contributed by atoms with Crippen LogP contribution in [-0.4, -0.2) is 33.5 Å². The van der Waals surface area contributed by atoms with Gasteiger partial charge in [-0.3, -0.25) is 4.79 Å². The molecular weight excluding hydrogens is 432 g/mol. The third-order valence-electron chi connectivity index (χ3n) is 7.56. The first-order valence-electron chi connectivity index (χ1n) is 11.8. The molecule has 0 spiro atoms. The minimum absolute atomic E-state index is 0.0808. The van der Waals surface area contributed by atoms with E-state index in [1.807, 2.05) is 33.8 Å². The lowest BCUT2D eigenvalue weighted by molar-refractivity contribution is -0.122. The largest absolute Gasteiger partial charge is 0.468 e. The number of carbonyl (C=O) groups is 1. The van der Waals surface area contributed by atoms with Crippen molar-refractivity contribution in [2.75, 3.05) is 0 Å². The van der Waals surface area contributed by atoms with Crippen LogP contribution in [0.3, 0.4) is 0 Å². The van der Waals surface area contributed by atoms with Crippen molar-refractivity contribution in [3.63, 3.8) is 0 Å². The number of aliphatic imine (C=N–C) groups is 1. The highest BCUT2D eigenvalue weighted by Gasteiger charge is 2.64. The molecule has 1 aromatic heterocycles. The minimum atomic E-state index is -1.13. The molecule has 8 heteroatoms. The van der Waals surface area contributed by atoms with E-state index in [-0.39, 0.29) is 18.4 Å². The second-order valence-corrected chi connectivity index (χ2v) is 10.8. The zero-order valence-electron chi connectivity index (χ0n) is 20.0. The smallest absolute Gasteiger partial charge is 0.223 e. The van der Waals surface area contributed by atoms with Crippen molar-refractivity contribution in [2.24, 2.45) is 10.4 Å². The van der Waals surface area contributed by atoms with Gasteiger partial charge in [0.05, 0.1) is 12.7 Å². The minimum Gasteiger partial charge on any atom is -0.468 e. The van der Waals surface area contributed by atoms with E-state index in [0.29, 0.717) is 30.9 Å². The molecule has 0 fully saturated rings. The van der Waals surface area contributed by atoms with E-state index in [9.17, 15) is 15.2 Å². The number of aliphatic hydroxyl groups is 1. The summed E-state index contributed by atoms with van der Waals surface area (Å²) in [6.07, 6.45) is 3.65. The summed E-state index contributed by atoms with van der Waals surface area (Å²) in [4.78, 5) is 22.3. The molecule has 0 saturated carbocycles. The normalized spacial score (nSPS) is 30.5. The van der Waals surface area contributed by atoms with Gasteiger partial charge in [0.25, 0.3) is 0 Å². The van der Waals surface area contributed by atoms with Crippen LogP contribution >= 0.6 is 0 Å². The van der Waals surface area contributed by atoms with Gasteiger partial charge in [0, 0.05) is 6.42 Å². The molecule has 5 rings (SSSR count). The van der Waals surface area contributed by atoms with Gasteiger partial charge in [-0.25, -0.2) is 9.98 Å². The number of nitrogens with zero attached hydrogens (tertiary/aromatic N) is 3. The van der Waals surface area contributed by atoms with E-state index >= 15 is 0 Å². The molecule has 2 aliphatic heterocycles. The van der Waals surface area contributed by atoms with Crippen LogP contribution in [0, 0.1) is 16.7 Å². The summed E-state index contributed by atoms with van der Waals surface area (Å²) in [6.45, 7) is 7.69. The molecule has 2 aromatic rings. The Labute approximate surface area is 199 Å². The first-order valence-corrected chi connectivity index (χ1v) is 11.8. The number of ether oxygens (including phenoxy) is 1. The van der Waals surface area contributed by atoms with Crippen molar-refractivity contribution in [3.8, 4) is 6.07 Å². The zero-order valence-corrected chi connectivity index (χ0v) is 20.0. The molecule has 1 aliphatic carbocycles. The van der Waals surface area contributed by atoms with Crippen molar-refractivity contribution in [1.29, 1.82) is 5.26 Å². The van der Waals surface area contributed by atoms with Gasteiger partial charge in [-0.05, 0) is 48.3 Å². The predicted molar refractivity (Wildman–Crippen MR) is 124 cm³/mol. The van der Waals surface area contributed by atoms with E-state index in [2.05, 4.69) is 28.5 Å². The molecule has 0 saturated heterocycles. The lowest BCUT2D eigenvalue weighted by Gasteiger charge is -2.42. The molecule has 4 atom stereocenters. The van der Waals surface area contributed by atoms with Crippen molar-refractivity contribution >= 4 is 11.8 Å². The fraction of sp³-hybridized carbons (Fsp3) is 0.538. The number of oxazole rings is 1. The highest BCUT2D eigenvalue weighted by atomic mass is 16.5. The molecule has 34 heavy (non-hydrogen) atoms. The molecule has 178 valence electrons. The first kappa shape index (κ1) is 22.6. The number of nitriles is 1. The van der Waals surface area contributed by atoms with E-state index in [1.165, 1.54) is 6.26 Å². The molecule has 1 unspecified atom stereocenters. The number of carbonyl (C=O) groups excluding carboxylic acids is 1. The lowest BCUT2D eigenvalue weighted by Crippen LogP contribution is -2.55. The van der Waals surface area contributed by atoms with Crippen molar-refractivity contribution in [2.45, 2.75) is 83.1 Å². The average Bonchev–Trinajstić information content (AvgIpc) is 3.50. The number of benzene rings is 1. The van der Waals surface area contributed by atoms with Crippen LogP contribution in [0.4, 0.5) is 0 Å². The van der Waals surface area contributed by atoms with E-state index in [4.69, 9.17) is 14.1 Å². The fourth-order valence-corrected chi connectivity index (χ4v) is 5.55. The average molecular weight is 463 g/mol. The van der Waals surface area contributed by atoms with E-state index < -0.39 is 28.5 Å². The van der Waals surface area contributed by atoms with Crippen molar-refractivity contribution in [3.05, 3.63) is 52.7 Å². The summed E-state index contributed by atoms with van der Waals surface area (Å²) in [7, 11) is 0. The van der Waals surface area contributed by atoms with Crippen LogP contribution in [0.15, 0.2) is 33.9 Å². The maximum Gasteiger partial charge on any atom is 0.223 e. The standard InChI is InChI=1S/C26H30N4O4/c1-24(2,3)20-23-30-21(22-28-17(12-31)13-33-22)25(4,34-23)26(14-27)10-9-16-7-5-15(11-18(16)26)6-8-19(32)29-20/h5,7,11,13,20-21,31H,6,8-10,12H2,1-4H3,(H,29,32)/t20-,21+,25?,26-/m1/s1. The number of fused-ring (bicyclic) bond motifs is 4. The number of hydrogen-bond donors (Lipinski definition) is 2. The highest BCUT2D eigenvalue weighted by molar-refractivity contribution is 5.90. The van der Waals surface area contributed by atoms with Gasteiger partial charge in [0.1, 0.15) is 23.4 Å². The van der Waals surface area contributed by atoms with Crippen LogP contribution in [0.5, 0.6) is 0 Å². The van der Waals surface area contributed by atoms with Gasteiger partial charge in [-0.2, -0.15) is 5.26 Å². The van der Waals surface area contributed by atoms with Gasteiger partial charge >= 0.3 is 0 Å². The Balaban J connectivity index is 1.75. The third-order valence-corrected chi connectivity index (χ3v) is 7.56. The Hall–Kier alpha value is -3.18. The lowest BCUT2D eigenvalue weighted by atomic mass is 9.66. The second-order valence-electron chi connectivity index (χ2n) is 10.8. The Morgan fingerprint density at radius 2 is 2.09 bits per heavy atom. The molecule has 3 aliphatic rings. The van der Waals surface area contributed by atoms with E-state index in [1.54, 1.807) is 0 Å². The molecule has 4 bridgehead atoms. The van der Waals surface area contributed by atoms with Gasteiger partial charge in [-0.15, -0.1) is 0 Å². The Morgan fingerprint density at radius 1 is 1.29 bits per heavy atom. The number of nitrogens with one attached hydrogen (secondary N) is 1. The van der Waals surface area contributed by atoms with Gasteiger partial charge in [0.2, 0.25) is 17.7 Å². The molecule has 8 nitrogen and oxygen atoms in total. The number of amides is 1. The van der Waals surface area contributed by atoms with Gasteiger partial charge < -0.3 is 19.6 Å². The first-order chi connectivity index (χ1) is 16.1.